The maximum atomic E-state index is 5.20. The number of halogens is 1. The normalized spacial score (nSPS) is 13.6. The lowest BCUT2D eigenvalue weighted by Crippen LogP contribution is -2.03. The van der Waals surface area contributed by atoms with Gasteiger partial charge in [0.05, 0.1) is 11.4 Å². The largest absolute Gasteiger partial charge is 0.292 e. The van der Waals surface area contributed by atoms with Crippen LogP contribution in [0, 0.1) is 0 Å². The number of imidazole rings is 1. The molecule has 0 amide bonds. The smallest absolute Gasteiger partial charge is 0.145 e. The van der Waals surface area contributed by atoms with Gasteiger partial charge in [-0.05, 0) is 23.4 Å². The molecule has 0 N–H and O–H groups in total. The average Bonchev–Trinajstić information content (AvgIpc) is 3.22. The second-order valence-electron chi connectivity index (χ2n) is 7.32. The van der Waals surface area contributed by atoms with Crippen LogP contribution in [0.15, 0.2) is 108 Å². The lowest BCUT2D eigenvalue weighted by molar-refractivity contribution is 0.993. The molecule has 1 aliphatic rings. The first-order valence-electron chi connectivity index (χ1n) is 10.2. The molecule has 2 nitrogen and oxygen atoms in total. The quantitative estimate of drug-likeness (QED) is 0.308. The lowest BCUT2D eigenvalue weighted by atomic mass is 10.0. The summed E-state index contributed by atoms with van der Waals surface area (Å²) >= 11 is 3.73. The van der Waals surface area contributed by atoms with Gasteiger partial charge in [-0.15, -0.1) is 0 Å². The lowest BCUT2D eigenvalue weighted by Gasteiger charge is -2.17. The van der Waals surface area contributed by atoms with Crippen LogP contribution in [-0.2, 0) is 0 Å². The van der Waals surface area contributed by atoms with Crippen molar-refractivity contribution in [2.75, 3.05) is 0 Å². The fraction of sp³-hybridized carbons (Fsp3) is 0.0741. The van der Waals surface area contributed by atoms with Crippen LogP contribution in [0.2, 0.25) is 0 Å². The molecule has 3 heteroatoms. The highest BCUT2D eigenvalue weighted by Gasteiger charge is 2.23. The third-order valence-corrected chi connectivity index (χ3v) is 5.93. The molecule has 1 aliphatic carbocycles. The summed E-state index contributed by atoms with van der Waals surface area (Å²) in [7, 11) is 0. The average molecular weight is 453 g/mol. The molecule has 0 saturated heterocycles. The summed E-state index contributed by atoms with van der Waals surface area (Å²) in [6.45, 7) is 0. The molecule has 1 aromatic heterocycles. The molecule has 0 aliphatic heterocycles. The first-order valence-corrected chi connectivity index (χ1v) is 11.0. The van der Waals surface area contributed by atoms with Gasteiger partial charge in [0.15, 0.2) is 0 Å². The Morgan fingerprint density at radius 3 is 1.87 bits per heavy atom. The van der Waals surface area contributed by atoms with Crippen molar-refractivity contribution < 1.29 is 0 Å². The summed E-state index contributed by atoms with van der Waals surface area (Å²) in [6.07, 6.45) is 6.57. The maximum Gasteiger partial charge on any atom is 0.145 e. The zero-order valence-electron chi connectivity index (χ0n) is 16.5. The summed E-state index contributed by atoms with van der Waals surface area (Å²) in [5.41, 5.74) is 6.64. The second kappa shape index (κ2) is 8.29. The highest BCUT2D eigenvalue weighted by atomic mass is 79.9. The number of allylic oxidation sites excluding steroid dienone is 4. The van der Waals surface area contributed by atoms with Crippen LogP contribution >= 0.6 is 15.9 Å². The van der Waals surface area contributed by atoms with E-state index in [1.807, 2.05) is 12.1 Å². The molecular formula is C27H21BrN2. The molecule has 0 bridgehead atoms. The SMILES string of the molecule is BrC1=CC(n2c(-c3ccccc3)nc(-c3ccccc3)c2-c2ccccc2)=CCC1. The van der Waals surface area contributed by atoms with Crippen molar-refractivity contribution in [1.29, 1.82) is 0 Å². The summed E-state index contributed by atoms with van der Waals surface area (Å²) in [4.78, 5) is 5.20. The highest BCUT2D eigenvalue weighted by Crippen LogP contribution is 2.40. The predicted octanol–water partition coefficient (Wildman–Crippen LogP) is 7.80. The highest BCUT2D eigenvalue weighted by molar-refractivity contribution is 9.11. The van der Waals surface area contributed by atoms with Gasteiger partial charge in [0.2, 0.25) is 0 Å². The molecule has 0 spiro atoms. The fourth-order valence-electron chi connectivity index (χ4n) is 3.92. The first kappa shape index (κ1) is 18.8. The van der Waals surface area contributed by atoms with Gasteiger partial charge in [0, 0.05) is 22.4 Å². The van der Waals surface area contributed by atoms with Gasteiger partial charge < -0.3 is 0 Å². The Morgan fingerprint density at radius 1 is 0.700 bits per heavy atom. The van der Waals surface area contributed by atoms with Gasteiger partial charge in [-0.3, -0.25) is 4.57 Å². The number of aromatic nitrogens is 2. The Labute approximate surface area is 185 Å². The second-order valence-corrected chi connectivity index (χ2v) is 8.34. The summed E-state index contributed by atoms with van der Waals surface area (Å²) in [6, 6.07) is 31.5. The fourth-order valence-corrected chi connectivity index (χ4v) is 4.38. The van der Waals surface area contributed by atoms with Gasteiger partial charge in [0.25, 0.3) is 0 Å². The number of hydrogen-bond acceptors (Lipinski definition) is 1. The van der Waals surface area contributed by atoms with E-state index >= 15 is 0 Å². The van der Waals surface area contributed by atoms with Crippen molar-refractivity contribution in [3.63, 3.8) is 0 Å². The Hall–Kier alpha value is -3.17. The minimum atomic E-state index is 0.956. The van der Waals surface area contributed by atoms with Gasteiger partial charge in [0.1, 0.15) is 5.82 Å². The van der Waals surface area contributed by atoms with Crippen molar-refractivity contribution in [1.82, 2.24) is 9.55 Å². The summed E-state index contributed by atoms with van der Waals surface area (Å²) in [5.74, 6) is 0.956. The summed E-state index contributed by atoms with van der Waals surface area (Å²) in [5, 5.41) is 0. The minimum Gasteiger partial charge on any atom is -0.292 e. The van der Waals surface area contributed by atoms with Crippen molar-refractivity contribution in [3.05, 3.63) is 108 Å². The van der Waals surface area contributed by atoms with E-state index in [2.05, 4.69) is 112 Å². The first-order chi connectivity index (χ1) is 14.8. The third-order valence-electron chi connectivity index (χ3n) is 5.30. The van der Waals surface area contributed by atoms with E-state index in [9.17, 15) is 0 Å². The van der Waals surface area contributed by atoms with Gasteiger partial charge in [-0.1, -0.05) is 113 Å². The minimum absolute atomic E-state index is 0.956. The monoisotopic (exact) mass is 452 g/mol. The van der Waals surface area contributed by atoms with Crippen LogP contribution in [0.3, 0.4) is 0 Å². The van der Waals surface area contributed by atoms with E-state index in [0.29, 0.717) is 0 Å². The van der Waals surface area contributed by atoms with E-state index in [1.165, 1.54) is 4.48 Å². The molecule has 0 radical (unpaired) electrons. The molecular weight excluding hydrogens is 432 g/mol. The van der Waals surface area contributed by atoms with Crippen LogP contribution in [0.25, 0.3) is 39.6 Å². The molecule has 146 valence electrons. The Morgan fingerprint density at radius 2 is 1.27 bits per heavy atom. The van der Waals surface area contributed by atoms with Crippen molar-refractivity contribution >= 4 is 21.6 Å². The number of rotatable bonds is 4. The molecule has 0 fully saturated rings. The molecule has 3 aromatic carbocycles. The van der Waals surface area contributed by atoms with Gasteiger partial charge >= 0.3 is 0 Å². The van der Waals surface area contributed by atoms with E-state index in [1.54, 1.807) is 0 Å². The molecule has 0 saturated carbocycles. The third kappa shape index (κ3) is 3.57. The molecule has 0 atom stereocenters. The number of nitrogens with zero attached hydrogens (tertiary/aromatic N) is 2. The van der Waals surface area contributed by atoms with Gasteiger partial charge in [-0.25, -0.2) is 4.98 Å². The van der Waals surface area contributed by atoms with Crippen molar-refractivity contribution in [3.8, 4) is 33.9 Å². The van der Waals surface area contributed by atoms with E-state index in [-0.39, 0.29) is 0 Å². The molecule has 1 heterocycles. The molecule has 30 heavy (non-hydrogen) atoms. The van der Waals surface area contributed by atoms with Crippen LogP contribution in [0.4, 0.5) is 0 Å². The van der Waals surface area contributed by atoms with Crippen molar-refractivity contribution in [2.24, 2.45) is 0 Å². The molecule has 4 aromatic rings. The maximum absolute atomic E-state index is 5.20. The Bertz CT molecular complexity index is 1220. The summed E-state index contributed by atoms with van der Waals surface area (Å²) < 4.78 is 3.53. The van der Waals surface area contributed by atoms with E-state index in [4.69, 9.17) is 4.98 Å². The van der Waals surface area contributed by atoms with Crippen LogP contribution in [0.5, 0.6) is 0 Å². The van der Waals surface area contributed by atoms with E-state index < -0.39 is 0 Å². The Kier molecular flexibility index (Phi) is 5.20. The number of hydrogen-bond donors (Lipinski definition) is 0. The van der Waals surface area contributed by atoms with Crippen LogP contribution in [0.1, 0.15) is 12.8 Å². The van der Waals surface area contributed by atoms with Crippen LogP contribution < -0.4 is 0 Å². The van der Waals surface area contributed by atoms with E-state index in [0.717, 1.165) is 52.4 Å². The predicted molar refractivity (Wildman–Crippen MR) is 129 cm³/mol. The van der Waals surface area contributed by atoms with Crippen molar-refractivity contribution in [2.45, 2.75) is 12.8 Å². The topological polar surface area (TPSA) is 17.8 Å². The van der Waals surface area contributed by atoms with Crippen LogP contribution in [-0.4, -0.2) is 9.55 Å². The zero-order chi connectivity index (χ0) is 20.3. The molecule has 0 unspecified atom stereocenters. The standard InChI is InChI=1S/C27H21BrN2/c28-23-17-10-18-24(19-23)30-26(21-13-6-2-7-14-21)25(20-11-4-1-5-12-20)29-27(30)22-15-8-3-9-16-22/h1-9,11-16,18-19H,10,17H2. The number of benzene rings is 3. The van der Waals surface area contributed by atoms with Gasteiger partial charge in [-0.2, -0.15) is 0 Å². The zero-order valence-corrected chi connectivity index (χ0v) is 18.1. The Balaban J connectivity index is 1.86. The molecule has 5 rings (SSSR count).